The number of carbonyl (C=O) groups is 1. The molecule has 0 atom stereocenters. The molecule has 24 heavy (non-hydrogen) atoms. The minimum Gasteiger partial charge on any atom is -0.493 e. The molecule has 120 valence electrons. The summed E-state index contributed by atoms with van der Waals surface area (Å²) in [7, 11) is 0. The van der Waals surface area contributed by atoms with Gasteiger partial charge >= 0.3 is 0 Å². The third kappa shape index (κ3) is 4.11. The van der Waals surface area contributed by atoms with Crippen LogP contribution in [0, 0.1) is 0 Å². The quantitative estimate of drug-likeness (QED) is 0.431. The summed E-state index contributed by atoms with van der Waals surface area (Å²) >= 11 is 0. The van der Waals surface area contributed by atoms with Crippen LogP contribution in [0.4, 0.5) is 0 Å². The number of ether oxygens (including phenoxy) is 1. The average molecular weight is 316 g/mol. The van der Waals surface area contributed by atoms with Gasteiger partial charge < -0.3 is 4.74 Å². The molecule has 0 amide bonds. The van der Waals surface area contributed by atoms with Gasteiger partial charge in [-0.25, -0.2) is 0 Å². The van der Waals surface area contributed by atoms with Crippen LogP contribution in [-0.4, -0.2) is 12.4 Å². The van der Waals surface area contributed by atoms with Crippen molar-refractivity contribution in [2.75, 3.05) is 6.61 Å². The third-order valence-electron chi connectivity index (χ3n) is 3.87. The molecule has 0 saturated carbocycles. The van der Waals surface area contributed by atoms with Crippen molar-refractivity contribution in [1.29, 1.82) is 0 Å². The Bertz CT molecular complexity index is 779. The molecule has 0 N–H and O–H groups in total. The van der Waals surface area contributed by atoms with E-state index in [4.69, 9.17) is 4.74 Å². The van der Waals surface area contributed by atoms with Gasteiger partial charge in [-0.05, 0) is 18.1 Å². The topological polar surface area (TPSA) is 26.3 Å². The van der Waals surface area contributed by atoms with Crippen LogP contribution in [0.5, 0.6) is 5.75 Å². The monoisotopic (exact) mass is 316 g/mol. The summed E-state index contributed by atoms with van der Waals surface area (Å²) in [5.41, 5.74) is 2.98. The Hall–Kier alpha value is -2.87. The summed E-state index contributed by atoms with van der Waals surface area (Å²) in [6, 6.07) is 27.6. The van der Waals surface area contributed by atoms with Crippen molar-refractivity contribution >= 4 is 5.78 Å². The summed E-state index contributed by atoms with van der Waals surface area (Å²) < 4.78 is 5.93. The number of carbonyl (C=O) groups excluding carboxylic acids is 1. The Balaban J connectivity index is 1.57. The zero-order valence-corrected chi connectivity index (χ0v) is 13.5. The van der Waals surface area contributed by atoms with E-state index in [1.165, 1.54) is 0 Å². The standard InChI is InChI=1S/C22H20O2/c23-21(19-12-5-2-6-13-19)15-9-17-24-22-16-8-7-14-20(22)18-10-3-1-4-11-18/h1-8,10-14,16H,9,15,17H2. The largest absolute Gasteiger partial charge is 0.493 e. The first kappa shape index (κ1) is 16.0. The van der Waals surface area contributed by atoms with Crippen molar-refractivity contribution in [1.82, 2.24) is 0 Å². The van der Waals surface area contributed by atoms with Gasteiger partial charge in [-0.2, -0.15) is 0 Å². The van der Waals surface area contributed by atoms with Crippen LogP contribution >= 0.6 is 0 Å². The molecule has 0 bridgehead atoms. The fraction of sp³-hybridized carbons (Fsp3) is 0.136. The molecule has 0 unspecified atom stereocenters. The normalized spacial score (nSPS) is 10.3. The fourth-order valence-electron chi connectivity index (χ4n) is 2.63. The van der Waals surface area contributed by atoms with Crippen LogP contribution in [0.1, 0.15) is 23.2 Å². The van der Waals surface area contributed by atoms with Crippen molar-refractivity contribution in [3.05, 3.63) is 90.5 Å². The van der Waals surface area contributed by atoms with E-state index in [0.29, 0.717) is 19.4 Å². The highest BCUT2D eigenvalue weighted by molar-refractivity contribution is 5.95. The van der Waals surface area contributed by atoms with Gasteiger partial charge in [0, 0.05) is 17.5 Å². The smallest absolute Gasteiger partial charge is 0.163 e. The highest BCUT2D eigenvalue weighted by Crippen LogP contribution is 2.29. The Morgan fingerprint density at radius 2 is 1.38 bits per heavy atom. The number of benzene rings is 3. The van der Waals surface area contributed by atoms with Crippen LogP contribution < -0.4 is 4.74 Å². The minimum absolute atomic E-state index is 0.163. The molecule has 3 rings (SSSR count). The van der Waals surface area contributed by atoms with Crippen LogP contribution in [0.25, 0.3) is 11.1 Å². The van der Waals surface area contributed by atoms with E-state index in [9.17, 15) is 4.79 Å². The summed E-state index contributed by atoms with van der Waals surface area (Å²) in [6.45, 7) is 0.530. The van der Waals surface area contributed by atoms with Crippen LogP contribution in [0.15, 0.2) is 84.9 Å². The van der Waals surface area contributed by atoms with Gasteiger partial charge in [0.1, 0.15) is 5.75 Å². The van der Waals surface area contributed by atoms with E-state index in [1.807, 2.05) is 66.7 Å². The minimum atomic E-state index is 0.163. The van der Waals surface area contributed by atoms with Gasteiger partial charge in [-0.15, -0.1) is 0 Å². The van der Waals surface area contributed by atoms with Crippen molar-refractivity contribution in [2.45, 2.75) is 12.8 Å². The molecule has 0 radical (unpaired) electrons. The lowest BCUT2D eigenvalue weighted by Crippen LogP contribution is -2.04. The van der Waals surface area contributed by atoms with E-state index in [2.05, 4.69) is 18.2 Å². The lowest BCUT2D eigenvalue weighted by Gasteiger charge is -2.11. The van der Waals surface area contributed by atoms with Crippen molar-refractivity contribution in [3.8, 4) is 16.9 Å². The highest BCUT2D eigenvalue weighted by atomic mass is 16.5. The maximum Gasteiger partial charge on any atom is 0.163 e. The zero-order valence-electron chi connectivity index (χ0n) is 13.5. The average Bonchev–Trinajstić information content (AvgIpc) is 2.67. The predicted molar refractivity (Wildman–Crippen MR) is 97.4 cm³/mol. The number of hydrogen-bond acceptors (Lipinski definition) is 2. The van der Waals surface area contributed by atoms with E-state index in [1.54, 1.807) is 0 Å². The van der Waals surface area contributed by atoms with Gasteiger partial charge in [0.15, 0.2) is 5.78 Å². The first-order valence-electron chi connectivity index (χ1n) is 8.20. The molecule has 0 aliphatic carbocycles. The molecule has 3 aromatic rings. The first-order chi connectivity index (χ1) is 11.8. The second-order valence-electron chi connectivity index (χ2n) is 5.60. The van der Waals surface area contributed by atoms with Crippen molar-refractivity contribution in [3.63, 3.8) is 0 Å². The molecule has 2 nitrogen and oxygen atoms in total. The highest BCUT2D eigenvalue weighted by Gasteiger charge is 2.07. The molecule has 0 aliphatic heterocycles. The lowest BCUT2D eigenvalue weighted by atomic mass is 10.0. The molecule has 0 fully saturated rings. The van der Waals surface area contributed by atoms with Crippen molar-refractivity contribution < 1.29 is 9.53 Å². The molecular formula is C22H20O2. The Kier molecular flexibility index (Phi) is 5.41. The SMILES string of the molecule is O=C(CCCOc1ccccc1-c1ccccc1)c1ccccc1. The predicted octanol–water partition coefficient (Wildman–Crippen LogP) is 5.40. The molecule has 0 heterocycles. The van der Waals surface area contributed by atoms with E-state index in [-0.39, 0.29) is 5.78 Å². The molecule has 0 saturated heterocycles. The van der Waals surface area contributed by atoms with Crippen LogP contribution in [-0.2, 0) is 0 Å². The number of ketones is 1. The number of rotatable bonds is 7. The zero-order chi connectivity index (χ0) is 16.6. The first-order valence-corrected chi connectivity index (χ1v) is 8.20. The van der Waals surface area contributed by atoms with Gasteiger partial charge in [-0.3, -0.25) is 4.79 Å². The summed E-state index contributed by atoms with van der Waals surface area (Å²) in [5, 5.41) is 0. The molecule has 2 heteroatoms. The number of hydrogen-bond donors (Lipinski definition) is 0. The molecule has 3 aromatic carbocycles. The molecule has 0 aromatic heterocycles. The second kappa shape index (κ2) is 8.11. The van der Waals surface area contributed by atoms with E-state index < -0.39 is 0 Å². The number of Topliss-reactive ketones (excluding diaryl/α,β-unsaturated/α-hetero) is 1. The van der Waals surface area contributed by atoms with Gasteiger partial charge in [0.2, 0.25) is 0 Å². The van der Waals surface area contributed by atoms with Gasteiger partial charge in [0.05, 0.1) is 6.61 Å². The lowest BCUT2D eigenvalue weighted by molar-refractivity contribution is 0.0973. The molecule has 0 aliphatic rings. The third-order valence-corrected chi connectivity index (χ3v) is 3.87. The van der Waals surface area contributed by atoms with E-state index >= 15 is 0 Å². The second-order valence-corrected chi connectivity index (χ2v) is 5.60. The van der Waals surface area contributed by atoms with Gasteiger partial charge in [0.25, 0.3) is 0 Å². The Morgan fingerprint density at radius 1 is 0.750 bits per heavy atom. The summed E-state index contributed by atoms with van der Waals surface area (Å²) in [4.78, 5) is 12.1. The summed E-state index contributed by atoms with van der Waals surface area (Å²) in [5.74, 6) is 1.02. The molecular weight excluding hydrogens is 296 g/mol. The maximum absolute atomic E-state index is 12.1. The summed E-state index contributed by atoms with van der Waals surface area (Å²) in [6.07, 6.45) is 1.20. The number of para-hydroxylation sites is 1. The van der Waals surface area contributed by atoms with Crippen molar-refractivity contribution in [2.24, 2.45) is 0 Å². The molecule has 0 spiro atoms. The van der Waals surface area contributed by atoms with Crippen LogP contribution in [0.3, 0.4) is 0 Å². The Labute approximate surface area is 142 Å². The van der Waals surface area contributed by atoms with E-state index in [0.717, 1.165) is 22.4 Å². The maximum atomic E-state index is 12.1. The van der Waals surface area contributed by atoms with Crippen LogP contribution in [0.2, 0.25) is 0 Å². The Morgan fingerprint density at radius 3 is 2.12 bits per heavy atom. The van der Waals surface area contributed by atoms with Gasteiger partial charge in [-0.1, -0.05) is 78.9 Å². The fourth-order valence-corrected chi connectivity index (χ4v) is 2.63.